The summed E-state index contributed by atoms with van der Waals surface area (Å²) in [5.74, 6) is 2.54. The van der Waals surface area contributed by atoms with Gasteiger partial charge in [0.05, 0.1) is 5.56 Å². The summed E-state index contributed by atoms with van der Waals surface area (Å²) >= 11 is 0. The third-order valence-corrected chi connectivity index (χ3v) is 1.61. The maximum absolute atomic E-state index is 11.4. The molecule has 0 aromatic carbocycles. The fourth-order valence-corrected chi connectivity index (χ4v) is 0.938. The molecule has 0 aliphatic heterocycles. The lowest BCUT2D eigenvalue weighted by Gasteiger charge is -1.96. The summed E-state index contributed by atoms with van der Waals surface area (Å²) in [4.78, 5) is 18.9. The molecule has 0 fully saturated rings. The first-order valence-corrected chi connectivity index (χ1v) is 4.06. The van der Waals surface area contributed by atoms with Crippen LogP contribution in [0.15, 0.2) is 18.7 Å². The predicted octanol–water partition coefficient (Wildman–Crippen LogP) is 1.46. The second-order valence-corrected chi connectivity index (χ2v) is 2.61. The minimum atomic E-state index is 0.0517. The van der Waals surface area contributed by atoms with Crippen molar-refractivity contribution in [2.45, 2.75) is 19.3 Å². The molecule has 1 heterocycles. The molecule has 0 saturated heterocycles. The van der Waals surface area contributed by atoms with E-state index in [0.29, 0.717) is 18.4 Å². The summed E-state index contributed by atoms with van der Waals surface area (Å²) in [6, 6.07) is 0. The van der Waals surface area contributed by atoms with E-state index in [-0.39, 0.29) is 5.78 Å². The SMILES string of the molecule is C#CCCCC(=O)c1cncnc1. The molecule has 13 heavy (non-hydrogen) atoms. The van der Waals surface area contributed by atoms with E-state index in [4.69, 9.17) is 6.42 Å². The third-order valence-electron chi connectivity index (χ3n) is 1.61. The molecule has 3 heteroatoms. The van der Waals surface area contributed by atoms with Gasteiger partial charge in [-0.25, -0.2) is 9.97 Å². The van der Waals surface area contributed by atoms with Gasteiger partial charge in [0, 0.05) is 25.2 Å². The van der Waals surface area contributed by atoms with Crippen LogP contribution in [0, 0.1) is 12.3 Å². The molecule has 0 bridgehead atoms. The molecule has 0 amide bonds. The highest BCUT2D eigenvalue weighted by Crippen LogP contribution is 2.03. The summed E-state index contributed by atoms with van der Waals surface area (Å²) in [6.07, 6.45) is 11.3. The third kappa shape index (κ3) is 3.04. The molecule has 66 valence electrons. The quantitative estimate of drug-likeness (QED) is 0.394. The van der Waals surface area contributed by atoms with E-state index in [1.165, 1.54) is 18.7 Å². The van der Waals surface area contributed by atoms with E-state index in [9.17, 15) is 4.79 Å². The van der Waals surface area contributed by atoms with Crippen LogP contribution in [0.4, 0.5) is 0 Å². The smallest absolute Gasteiger partial charge is 0.166 e. The maximum atomic E-state index is 11.4. The van der Waals surface area contributed by atoms with E-state index < -0.39 is 0 Å². The van der Waals surface area contributed by atoms with Crippen molar-refractivity contribution in [3.05, 3.63) is 24.3 Å². The molecule has 3 nitrogen and oxygen atoms in total. The molecule has 0 unspecified atom stereocenters. The van der Waals surface area contributed by atoms with Crippen LogP contribution in [0.2, 0.25) is 0 Å². The standard InChI is InChI=1S/C10H10N2O/c1-2-3-4-5-10(13)9-6-11-8-12-7-9/h1,6-8H,3-5H2. The van der Waals surface area contributed by atoms with Gasteiger partial charge in [-0.1, -0.05) is 0 Å². The Balaban J connectivity index is 2.46. The highest BCUT2D eigenvalue weighted by Gasteiger charge is 2.04. The number of terminal acetylenes is 1. The molecule has 0 atom stereocenters. The Bertz CT molecular complexity index is 313. The Labute approximate surface area is 77.2 Å². The lowest BCUT2D eigenvalue weighted by Crippen LogP contribution is -1.99. The van der Waals surface area contributed by atoms with Gasteiger partial charge < -0.3 is 0 Å². The zero-order valence-electron chi connectivity index (χ0n) is 7.23. The molecule has 1 aromatic heterocycles. The van der Waals surface area contributed by atoms with Crippen LogP contribution in [0.3, 0.4) is 0 Å². The number of hydrogen-bond acceptors (Lipinski definition) is 3. The van der Waals surface area contributed by atoms with Gasteiger partial charge in [-0.3, -0.25) is 4.79 Å². The van der Waals surface area contributed by atoms with Crippen LogP contribution in [-0.4, -0.2) is 15.8 Å². The number of Topliss-reactive ketones (excluding diaryl/α,β-unsaturated/α-hetero) is 1. The highest BCUT2D eigenvalue weighted by atomic mass is 16.1. The van der Waals surface area contributed by atoms with Crippen LogP contribution in [0.1, 0.15) is 29.6 Å². The Hall–Kier alpha value is -1.69. The maximum Gasteiger partial charge on any atom is 0.166 e. The summed E-state index contributed by atoms with van der Waals surface area (Å²) < 4.78 is 0. The summed E-state index contributed by atoms with van der Waals surface area (Å²) in [5, 5.41) is 0. The molecule has 0 spiro atoms. The van der Waals surface area contributed by atoms with Gasteiger partial charge in [0.2, 0.25) is 0 Å². The number of hydrogen-bond donors (Lipinski definition) is 0. The van der Waals surface area contributed by atoms with Crippen molar-refractivity contribution in [2.75, 3.05) is 0 Å². The van der Waals surface area contributed by atoms with E-state index in [2.05, 4.69) is 15.9 Å². The van der Waals surface area contributed by atoms with Crippen molar-refractivity contribution in [3.8, 4) is 12.3 Å². The summed E-state index contributed by atoms with van der Waals surface area (Å²) in [7, 11) is 0. The zero-order chi connectivity index (χ0) is 9.52. The molecular formula is C10H10N2O. The molecule has 0 N–H and O–H groups in total. The minimum absolute atomic E-state index is 0.0517. The van der Waals surface area contributed by atoms with Crippen LogP contribution >= 0.6 is 0 Å². The van der Waals surface area contributed by atoms with Gasteiger partial charge >= 0.3 is 0 Å². The highest BCUT2D eigenvalue weighted by molar-refractivity contribution is 5.95. The van der Waals surface area contributed by atoms with Gasteiger partial charge in [0.1, 0.15) is 6.33 Å². The first-order valence-electron chi connectivity index (χ1n) is 4.06. The molecule has 0 radical (unpaired) electrons. The van der Waals surface area contributed by atoms with Crippen molar-refractivity contribution in [2.24, 2.45) is 0 Å². The number of ketones is 1. The fourth-order valence-electron chi connectivity index (χ4n) is 0.938. The largest absolute Gasteiger partial charge is 0.294 e. The predicted molar refractivity (Wildman–Crippen MR) is 49.0 cm³/mol. The number of carbonyl (C=O) groups excluding carboxylic acids is 1. The lowest BCUT2D eigenvalue weighted by molar-refractivity contribution is 0.0980. The molecule has 1 rings (SSSR count). The summed E-state index contributed by atoms with van der Waals surface area (Å²) in [6.45, 7) is 0. The van der Waals surface area contributed by atoms with Crippen LogP contribution < -0.4 is 0 Å². The number of nitrogens with zero attached hydrogens (tertiary/aromatic N) is 2. The molecular weight excluding hydrogens is 164 g/mol. The van der Waals surface area contributed by atoms with E-state index in [0.717, 1.165) is 6.42 Å². The Morgan fingerprint density at radius 2 is 2.15 bits per heavy atom. The number of unbranched alkanes of at least 4 members (excludes halogenated alkanes) is 1. The van der Waals surface area contributed by atoms with E-state index >= 15 is 0 Å². The molecule has 0 saturated carbocycles. The van der Waals surface area contributed by atoms with Gasteiger partial charge in [-0.15, -0.1) is 12.3 Å². The normalized spacial score (nSPS) is 9.15. The van der Waals surface area contributed by atoms with Crippen molar-refractivity contribution >= 4 is 5.78 Å². The molecule has 1 aromatic rings. The summed E-state index contributed by atoms with van der Waals surface area (Å²) in [5.41, 5.74) is 0.555. The average Bonchev–Trinajstić information content (AvgIpc) is 2.19. The van der Waals surface area contributed by atoms with Gasteiger partial charge in [0.15, 0.2) is 5.78 Å². The van der Waals surface area contributed by atoms with Crippen molar-refractivity contribution < 1.29 is 4.79 Å². The average molecular weight is 174 g/mol. The zero-order valence-corrected chi connectivity index (χ0v) is 7.23. The Morgan fingerprint density at radius 3 is 2.77 bits per heavy atom. The second kappa shape index (κ2) is 5.04. The van der Waals surface area contributed by atoms with Gasteiger partial charge in [-0.05, 0) is 6.42 Å². The number of rotatable bonds is 4. The van der Waals surface area contributed by atoms with Crippen molar-refractivity contribution in [1.29, 1.82) is 0 Å². The Morgan fingerprint density at radius 1 is 1.46 bits per heavy atom. The molecule has 0 aliphatic rings. The molecule has 0 aliphatic carbocycles. The van der Waals surface area contributed by atoms with E-state index in [1.807, 2.05) is 0 Å². The van der Waals surface area contributed by atoms with Crippen LogP contribution in [0.25, 0.3) is 0 Å². The number of aromatic nitrogens is 2. The minimum Gasteiger partial charge on any atom is -0.294 e. The Kier molecular flexibility index (Phi) is 3.65. The first kappa shape index (κ1) is 9.40. The van der Waals surface area contributed by atoms with Gasteiger partial charge in [0.25, 0.3) is 0 Å². The van der Waals surface area contributed by atoms with E-state index in [1.54, 1.807) is 0 Å². The van der Waals surface area contributed by atoms with Crippen LogP contribution in [0.5, 0.6) is 0 Å². The fraction of sp³-hybridized carbons (Fsp3) is 0.300. The first-order chi connectivity index (χ1) is 6.34. The topological polar surface area (TPSA) is 42.9 Å². The van der Waals surface area contributed by atoms with Crippen molar-refractivity contribution in [1.82, 2.24) is 9.97 Å². The number of carbonyl (C=O) groups is 1. The monoisotopic (exact) mass is 174 g/mol. The van der Waals surface area contributed by atoms with Crippen LogP contribution in [-0.2, 0) is 0 Å². The second-order valence-electron chi connectivity index (χ2n) is 2.61. The lowest BCUT2D eigenvalue weighted by atomic mass is 10.1. The van der Waals surface area contributed by atoms with Crippen molar-refractivity contribution in [3.63, 3.8) is 0 Å². The van der Waals surface area contributed by atoms with Gasteiger partial charge in [-0.2, -0.15) is 0 Å².